The molecule has 6 heteroatoms. The largest absolute Gasteiger partial charge is 0.460 e. The monoisotopic (exact) mass is 343 g/mol. The number of carbonyl (C=O) groups is 1. The zero-order valence-electron chi connectivity index (χ0n) is 10.9. The van der Waals surface area contributed by atoms with E-state index in [1.165, 1.54) is 0 Å². The van der Waals surface area contributed by atoms with Gasteiger partial charge in [-0.25, -0.2) is 0 Å². The van der Waals surface area contributed by atoms with Crippen LogP contribution in [0.25, 0.3) is 11.1 Å². The van der Waals surface area contributed by atoms with Crippen LogP contribution in [0.5, 0.6) is 5.75 Å². The molecule has 2 aromatic carbocycles. The van der Waals surface area contributed by atoms with E-state index in [4.69, 9.17) is 39.5 Å². The first-order valence-corrected chi connectivity index (χ1v) is 7.51. The number of hydrogen-bond acceptors (Lipinski definition) is 2. The summed E-state index contributed by atoms with van der Waals surface area (Å²) in [5.41, 5.74) is 2.46. The Labute approximate surface area is 137 Å². The van der Waals surface area contributed by atoms with E-state index in [-0.39, 0.29) is 11.8 Å². The maximum absolute atomic E-state index is 11.2. The average molecular weight is 345 g/mol. The number of rotatable bonds is 5. The zero-order valence-corrected chi connectivity index (χ0v) is 13.1. The van der Waals surface area contributed by atoms with Gasteiger partial charge in [-0.2, -0.15) is 0 Å². The first kappa shape index (κ1) is 16.0. The van der Waals surface area contributed by atoms with Crippen LogP contribution in [-0.4, -0.2) is 16.8 Å². The van der Waals surface area contributed by atoms with Crippen LogP contribution in [0, 0.1) is 0 Å². The second kappa shape index (κ2) is 7.55. The van der Waals surface area contributed by atoms with Crippen LogP contribution in [0.1, 0.15) is 0 Å². The predicted octanol–water partition coefficient (Wildman–Crippen LogP) is 4.67. The zero-order chi connectivity index (χ0) is 15.2. The fraction of sp³-hybridized carbons (Fsp3) is 0.133. The van der Waals surface area contributed by atoms with Crippen molar-refractivity contribution in [3.05, 3.63) is 48.5 Å². The maximum atomic E-state index is 11.2. The third-order valence-corrected chi connectivity index (χ3v) is 3.13. The average Bonchev–Trinajstić information content (AvgIpc) is 2.48. The molecular weight excluding hydrogens is 333 g/mol. The fourth-order valence-electron chi connectivity index (χ4n) is 1.83. The SMILES string of the molecule is O=C(CCl)Nc1ccc(-c2ccccc2OC(Cl)Cl)cc1. The Morgan fingerprint density at radius 2 is 1.76 bits per heavy atom. The number of ether oxygens (including phenoxy) is 1. The van der Waals surface area contributed by atoms with Crippen LogP contribution >= 0.6 is 34.8 Å². The molecule has 0 bridgehead atoms. The Morgan fingerprint density at radius 3 is 2.38 bits per heavy atom. The number of anilines is 1. The molecule has 0 fully saturated rings. The van der Waals surface area contributed by atoms with E-state index in [0.29, 0.717) is 11.4 Å². The van der Waals surface area contributed by atoms with E-state index in [2.05, 4.69) is 5.32 Å². The van der Waals surface area contributed by atoms with Gasteiger partial charge in [-0.3, -0.25) is 4.79 Å². The summed E-state index contributed by atoms with van der Waals surface area (Å²) >= 11 is 16.8. The number of halogens is 3. The van der Waals surface area contributed by atoms with E-state index in [0.717, 1.165) is 11.1 Å². The van der Waals surface area contributed by atoms with Crippen LogP contribution in [0.15, 0.2) is 48.5 Å². The highest BCUT2D eigenvalue weighted by Crippen LogP contribution is 2.32. The van der Waals surface area contributed by atoms with Gasteiger partial charge in [-0.15, -0.1) is 11.6 Å². The summed E-state index contributed by atoms with van der Waals surface area (Å²) in [7, 11) is 0. The summed E-state index contributed by atoms with van der Waals surface area (Å²) in [4.78, 5) is 11.2. The molecule has 0 saturated heterocycles. The molecule has 0 spiro atoms. The van der Waals surface area contributed by atoms with E-state index < -0.39 is 5.02 Å². The van der Waals surface area contributed by atoms with Crippen molar-refractivity contribution in [3.63, 3.8) is 0 Å². The summed E-state index contributed by atoms with van der Waals surface area (Å²) in [6, 6.07) is 14.7. The van der Waals surface area contributed by atoms with Crippen molar-refractivity contribution in [1.82, 2.24) is 0 Å². The van der Waals surface area contributed by atoms with E-state index in [1.807, 2.05) is 30.3 Å². The Bertz CT molecular complexity index is 615. The number of nitrogens with one attached hydrogen (secondary N) is 1. The number of benzene rings is 2. The standard InChI is InChI=1S/C15H12Cl3NO2/c16-9-14(20)19-11-7-5-10(6-8-11)12-3-1-2-4-13(12)21-15(17)18/h1-8,15H,9H2,(H,19,20). The molecule has 1 N–H and O–H groups in total. The molecule has 21 heavy (non-hydrogen) atoms. The van der Waals surface area contributed by atoms with Gasteiger partial charge in [-0.1, -0.05) is 53.5 Å². The lowest BCUT2D eigenvalue weighted by molar-refractivity contribution is -0.113. The van der Waals surface area contributed by atoms with Crippen LogP contribution in [-0.2, 0) is 4.79 Å². The van der Waals surface area contributed by atoms with Crippen molar-refractivity contribution in [1.29, 1.82) is 0 Å². The van der Waals surface area contributed by atoms with Gasteiger partial charge in [0.25, 0.3) is 0 Å². The van der Waals surface area contributed by atoms with E-state index >= 15 is 0 Å². The van der Waals surface area contributed by atoms with Crippen molar-refractivity contribution < 1.29 is 9.53 Å². The molecule has 2 rings (SSSR count). The summed E-state index contributed by atoms with van der Waals surface area (Å²) in [6.45, 7) is 0. The topological polar surface area (TPSA) is 38.3 Å². The third kappa shape index (κ3) is 4.53. The van der Waals surface area contributed by atoms with E-state index in [1.54, 1.807) is 18.2 Å². The van der Waals surface area contributed by atoms with Gasteiger partial charge in [-0.05, 0) is 23.8 Å². The van der Waals surface area contributed by atoms with Crippen LogP contribution in [0.3, 0.4) is 0 Å². The molecule has 0 atom stereocenters. The van der Waals surface area contributed by atoms with Gasteiger partial charge < -0.3 is 10.1 Å². The summed E-state index contributed by atoms with van der Waals surface area (Å²) in [6.07, 6.45) is 0. The number of para-hydroxylation sites is 1. The van der Waals surface area contributed by atoms with Crippen LogP contribution in [0.2, 0.25) is 0 Å². The number of alkyl halides is 3. The molecule has 0 heterocycles. The normalized spacial score (nSPS) is 10.5. The smallest absolute Gasteiger partial charge is 0.247 e. The van der Waals surface area contributed by atoms with Crippen LogP contribution in [0.4, 0.5) is 5.69 Å². The minimum absolute atomic E-state index is 0.0781. The van der Waals surface area contributed by atoms with Gasteiger partial charge in [0.05, 0.1) is 0 Å². The van der Waals surface area contributed by atoms with Crippen molar-refractivity contribution >= 4 is 46.4 Å². The molecule has 0 aromatic heterocycles. The van der Waals surface area contributed by atoms with Gasteiger partial charge in [0.15, 0.2) is 0 Å². The fourth-order valence-corrected chi connectivity index (χ4v) is 2.09. The minimum Gasteiger partial charge on any atom is -0.460 e. The molecule has 0 aliphatic heterocycles. The van der Waals surface area contributed by atoms with Crippen molar-refractivity contribution in [2.75, 3.05) is 11.2 Å². The minimum atomic E-state index is -0.937. The van der Waals surface area contributed by atoms with Crippen molar-refractivity contribution in [3.8, 4) is 16.9 Å². The molecule has 0 unspecified atom stereocenters. The first-order valence-electron chi connectivity index (χ1n) is 6.10. The summed E-state index contributed by atoms with van der Waals surface area (Å²) in [5, 5.41) is 1.74. The second-order valence-electron chi connectivity index (χ2n) is 4.13. The van der Waals surface area contributed by atoms with Gasteiger partial charge >= 0.3 is 0 Å². The second-order valence-corrected chi connectivity index (χ2v) is 5.42. The maximum Gasteiger partial charge on any atom is 0.247 e. The highest BCUT2D eigenvalue weighted by Gasteiger charge is 2.09. The Hall–Kier alpha value is -1.42. The molecule has 0 radical (unpaired) electrons. The van der Waals surface area contributed by atoms with Crippen molar-refractivity contribution in [2.45, 2.75) is 5.02 Å². The lowest BCUT2D eigenvalue weighted by Crippen LogP contribution is -2.12. The molecule has 2 aromatic rings. The number of carbonyl (C=O) groups excluding carboxylic acids is 1. The molecule has 0 aliphatic rings. The Balaban J connectivity index is 2.24. The van der Waals surface area contributed by atoms with Gasteiger partial charge in [0.2, 0.25) is 10.9 Å². The molecular formula is C15H12Cl3NO2. The Morgan fingerprint density at radius 1 is 1.10 bits per heavy atom. The summed E-state index contributed by atoms with van der Waals surface area (Å²) in [5.74, 6) is 0.260. The van der Waals surface area contributed by atoms with Gasteiger partial charge in [0, 0.05) is 11.3 Å². The highest BCUT2D eigenvalue weighted by molar-refractivity contribution is 6.43. The van der Waals surface area contributed by atoms with E-state index in [9.17, 15) is 4.79 Å². The molecule has 110 valence electrons. The first-order chi connectivity index (χ1) is 10.1. The number of amides is 1. The Kier molecular flexibility index (Phi) is 5.74. The molecule has 3 nitrogen and oxygen atoms in total. The quantitative estimate of drug-likeness (QED) is 0.800. The van der Waals surface area contributed by atoms with Crippen LogP contribution < -0.4 is 10.1 Å². The lowest BCUT2D eigenvalue weighted by Gasteiger charge is -2.12. The molecule has 1 amide bonds. The van der Waals surface area contributed by atoms with Crippen molar-refractivity contribution in [2.24, 2.45) is 0 Å². The number of hydrogen-bond donors (Lipinski definition) is 1. The molecule has 0 saturated carbocycles. The third-order valence-electron chi connectivity index (χ3n) is 2.70. The molecule has 0 aliphatic carbocycles. The van der Waals surface area contributed by atoms with Gasteiger partial charge in [0.1, 0.15) is 11.6 Å². The highest BCUT2D eigenvalue weighted by atomic mass is 35.5. The lowest BCUT2D eigenvalue weighted by atomic mass is 10.0. The summed E-state index contributed by atoms with van der Waals surface area (Å²) < 4.78 is 5.36. The predicted molar refractivity (Wildman–Crippen MR) is 87.3 cm³/mol.